The number of likely N-dealkylation sites (N-methyl/N-ethyl adjacent to an activating group) is 1. The molecule has 1 unspecified atom stereocenters. The standard InChI is InChI=1S/C22H27N3O3/c1-3-24-12-10-19-17(14-24)20(16-8-4-5-9-18(16)23-19)21(26)25-11-6-7-15(13-25)22(27)28-2/h4-5,8-9,15H,3,6-7,10-14H2,1-2H3. The maximum atomic E-state index is 13.7. The van der Waals surface area contributed by atoms with Crippen molar-refractivity contribution in [1.82, 2.24) is 14.8 Å². The molecule has 2 aromatic rings. The van der Waals surface area contributed by atoms with Gasteiger partial charge in [0.25, 0.3) is 5.91 Å². The number of aromatic nitrogens is 1. The van der Waals surface area contributed by atoms with Crippen LogP contribution in [0.3, 0.4) is 0 Å². The molecule has 0 aliphatic carbocycles. The van der Waals surface area contributed by atoms with E-state index in [1.54, 1.807) is 0 Å². The maximum absolute atomic E-state index is 13.7. The molecular formula is C22H27N3O3. The lowest BCUT2D eigenvalue weighted by Crippen LogP contribution is -2.43. The third kappa shape index (κ3) is 3.37. The Bertz CT molecular complexity index is 911. The van der Waals surface area contributed by atoms with Gasteiger partial charge in [-0.1, -0.05) is 25.1 Å². The molecule has 0 bridgehead atoms. The first-order valence-corrected chi connectivity index (χ1v) is 10.1. The third-order valence-corrected chi connectivity index (χ3v) is 6.03. The van der Waals surface area contributed by atoms with Crippen molar-refractivity contribution in [3.05, 3.63) is 41.1 Å². The Hall–Kier alpha value is -2.47. The Labute approximate surface area is 165 Å². The zero-order valence-electron chi connectivity index (χ0n) is 16.6. The lowest BCUT2D eigenvalue weighted by atomic mass is 9.93. The van der Waals surface area contributed by atoms with Gasteiger partial charge in [0.2, 0.25) is 0 Å². The van der Waals surface area contributed by atoms with Crippen LogP contribution in [0, 0.1) is 5.92 Å². The molecule has 0 N–H and O–H groups in total. The third-order valence-electron chi connectivity index (χ3n) is 6.03. The number of nitrogens with zero attached hydrogens (tertiary/aromatic N) is 3. The molecule has 148 valence electrons. The van der Waals surface area contributed by atoms with Gasteiger partial charge in [-0.05, 0) is 25.5 Å². The van der Waals surface area contributed by atoms with Gasteiger partial charge < -0.3 is 9.64 Å². The summed E-state index contributed by atoms with van der Waals surface area (Å²) in [5, 5.41) is 0.907. The lowest BCUT2D eigenvalue weighted by Gasteiger charge is -2.34. The summed E-state index contributed by atoms with van der Waals surface area (Å²) >= 11 is 0. The van der Waals surface area contributed by atoms with Crippen LogP contribution in [0.25, 0.3) is 10.9 Å². The van der Waals surface area contributed by atoms with Crippen LogP contribution >= 0.6 is 0 Å². The molecule has 0 saturated carbocycles. The van der Waals surface area contributed by atoms with Crippen molar-refractivity contribution in [3.8, 4) is 0 Å². The Balaban J connectivity index is 1.76. The zero-order chi connectivity index (χ0) is 19.7. The van der Waals surface area contributed by atoms with Crippen molar-refractivity contribution in [2.24, 2.45) is 5.92 Å². The molecule has 1 atom stereocenters. The highest BCUT2D eigenvalue weighted by Gasteiger charge is 2.33. The molecule has 2 aliphatic rings. The minimum atomic E-state index is -0.237. The SMILES string of the molecule is CCN1CCc2nc3ccccc3c(C(=O)N3CCCC(C(=O)OC)C3)c2C1. The molecule has 3 heterocycles. The van der Waals surface area contributed by atoms with E-state index in [4.69, 9.17) is 9.72 Å². The highest BCUT2D eigenvalue weighted by atomic mass is 16.5. The van der Waals surface area contributed by atoms with E-state index in [-0.39, 0.29) is 17.8 Å². The number of hydrogen-bond donors (Lipinski definition) is 0. The van der Waals surface area contributed by atoms with Gasteiger partial charge in [-0.3, -0.25) is 19.5 Å². The summed E-state index contributed by atoms with van der Waals surface area (Å²) in [6.07, 6.45) is 2.45. The topological polar surface area (TPSA) is 62.7 Å². The van der Waals surface area contributed by atoms with E-state index in [0.29, 0.717) is 13.1 Å². The van der Waals surface area contributed by atoms with Gasteiger partial charge in [0.1, 0.15) is 0 Å². The molecule has 0 spiro atoms. The molecule has 1 saturated heterocycles. The second kappa shape index (κ2) is 7.87. The van der Waals surface area contributed by atoms with Gasteiger partial charge in [0.15, 0.2) is 0 Å². The average Bonchev–Trinajstić information content (AvgIpc) is 2.76. The smallest absolute Gasteiger partial charge is 0.310 e. The van der Waals surface area contributed by atoms with Crippen LogP contribution in [0.5, 0.6) is 0 Å². The maximum Gasteiger partial charge on any atom is 0.310 e. The number of ether oxygens (including phenoxy) is 1. The van der Waals surface area contributed by atoms with E-state index in [9.17, 15) is 9.59 Å². The summed E-state index contributed by atoms with van der Waals surface area (Å²) < 4.78 is 4.92. The van der Waals surface area contributed by atoms with Gasteiger partial charge in [0.05, 0.1) is 24.1 Å². The molecule has 1 fully saturated rings. The van der Waals surface area contributed by atoms with Gasteiger partial charge in [0, 0.05) is 49.2 Å². The van der Waals surface area contributed by atoms with Crippen LogP contribution in [0.1, 0.15) is 41.4 Å². The average molecular weight is 381 g/mol. The molecule has 28 heavy (non-hydrogen) atoms. The predicted molar refractivity (Wildman–Crippen MR) is 107 cm³/mol. The summed E-state index contributed by atoms with van der Waals surface area (Å²) in [5.41, 5.74) is 3.73. The highest BCUT2D eigenvalue weighted by molar-refractivity contribution is 6.07. The van der Waals surface area contributed by atoms with E-state index in [0.717, 1.165) is 66.6 Å². The van der Waals surface area contributed by atoms with Crippen LogP contribution < -0.4 is 0 Å². The summed E-state index contributed by atoms with van der Waals surface area (Å²) in [5.74, 6) is -0.448. The number of rotatable bonds is 3. The second-order valence-electron chi connectivity index (χ2n) is 7.66. The Morgan fingerprint density at radius 1 is 1.25 bits per heavy atom. The fourth-order valence-corrected chi connectivity index (χ4v) is 4.44. The number of pyridine rings is 1. The Morgan fingerprint density at radius 2 is 2.07 bits per heavy atom. The van der Waals surface area contributed by atoms with E-state index < -0.39 is 0 Å². The summed E-state index contributed by atoms with van der Waals surface area (Å²) in [6, 6.07) is 7.89. The second-order valence-corrected chi connectivity index (χ2v) is 7.66. The number of carbonyl (C=O) groups excluding carboxylic acids is 2. The van der Waals surface area contributed by atoms with Gasteiger partial charge in [-0.25, -0.2) is 0 Å². The van der Waals surface area contributed by atoms with Gasteiger partial charge >= 0.3 is 5.97 Å². The number of likely N-dealkylation sites (tertiary alicyclic amines) is 1. The first-order valence-electron chi connectivity index (χ1n) is 10.1. The molecule has 4 rings (SSSR count). The van der Waals surface area contributed by atoms with E-state index in [1.165, 1.54) is 7.11 Å². The van der Waals surface area contributed by atoms with E-state index in [1.807, 2.05) is 29.2 Å². The number of fused-ring (bicyclic) bond motifs is 2. The predicted octanol–water partition coefficient (Wildman–Crippen LogP) is 2.64. The minimum Gasteiger partial charge on any atom is -0.469 e. The van der Waals surface area contributed by atoms with Gasteiger partial charge in [-0.2, -0.15) is 0 Å². The van der Waals surface area contributed by atoms with Crippen molar-refractivity contribution < 1.29 is 14.3 Å². The van der Waals surface area contributed by atoms with Crippen molar-refractivity contribution in [3.63, 3.8) is 0 Å². The minimum absolute atomic E-state index is 0.0152. The Morgan fingerprint density at radius 3 is 2.86 bits per heavy atom. The summed E-state index contributed by atoms with van der Waals surface area (Å²) in [6.45, 7) is 5.92. The number of benzene rings is 1. The highest BCUT2D eigenvalue weighted by Crippen LogP contribution is 2.30. The molecule has 6 heteroatoms. The molecular weight excluding hydrogens is 354 g/mol. The van der Waals surface area contributed by atoms with Crippen LogP contribution in [-0.4, -0.2) is 59.9 Å². The fraction of sp³-hybridized carbons (Fsp3) is 0.500. The first kappa shape index (κ1) is 18.9. The van der Waals surface area contributed by atoms with E-state index in [2.05, 4.69) is 11.8 Å². The normalized spacial score (nSPS) is 20.1. The van der Waals surface area contributed by atoms with Crippen LogP contribution in [0.2, 0.25) is 0 Å². The largest absolute Gasteiger partial charge is 0.469 e. The number of para-hydroxylation sites is 1. The number of carbonyl (C=O) groups is 2. The number of amides is 1. The molecule has 2 aliphatic heterocycles. The Kier molecular flexibility index (Phi) is 5.31. The van der Waals surface area contributed by atoms with Crippen LogP contribution in [-0.2, 0) is 22.5 Å². The molecule has 1 aromatic carbocycles. The van der Waals surface area contributed by atoms with Crippen molar-refractivity contribution in [1.29, 1.82) is 0 Å². The molecule has 0 radical (unpaired) electrons. The lowest BCUT2D eigenvalue weighted by molar-refractivity contribution is -0.146. The van der Waals surface area contributed by atoms with Gasteiger partial charge in [-0.15, -0.1) is 0 Å². The molecule has 1 amide bonds. The van der Waals surface area contributed by atoms with Crippen LogP contribution in [0.4, 0.5) is 0 Å². The van der Waals surface area contributed by atoms with Crippen LogP contribution in [0.15, 0.2) is 24.3 Å². The number of esters is 1. The first-order chi connectivity index (χ1) is 13.6. The number of piperidine rings is 1. The van der Waals surface area contributed by atoms with E-state index >= 15 is 0 Å². The fourth-order valence-electron chi connectivity index (χ4n) is 4.44. The van der Waals surface area contributed by atoms with Crippen molar-refractivity contribution in [2.75, 3.05) is 33.3 Å². The van der Waals surface area contributed by atoms with Crippen molar-refractivity contribution in [2.45, 2.75) is 32.7 Å². The number of methoxy groups -OCH3 is 1. The molecule has 6 nitrogen and oxygen atoms in total. The molecule has 1 aromatic heterocycles. The monoisotopic (exact) mass is 381 g/mol. The quantitative estimate of drug-likeness (QED) is 0.765. The van der Waals surface area contributed by atoms with Crippen molar-refractivity contribution >= 4 is 22.8 Å². The summed E-state index contributed by atoms with van der Waals surface area (Å²) in [4.78, 5) is 34.7. The zero-order valence-corrected chi connectivity index (χ0v) is 16.6. The summed E-state index contributed by atoms with van der Waals surface area (Å²) in [7, 11) is 1.41. The number of hydrogen-bond acceptors (Lipinski definition) is 5.